The molecule has 0 spiro atoms. The van der Waals surface area contributed by atoms with Gasteiger partial charge in [0.05, 0.1) is 22.9 Å². The lowest BCUT2D eigenvalue weighted by molar-refractivity contribution is -0.120. The minimum Gasteiger partial charge on any atom is -0.484 e. The Balaban J connectivity index is 1.52. The summed E-state index contributed by atoms with van der Waals surface area (Å²) in [6, 6.07) is 14.7. The highest BCUT2D eigenvalue weighted by molar-refractivity contribution is 7.22. The number of aromatic nitrogens is 1. The van der Waals surface area contributed by atoms with Crippen molar-refractivity contribution in [2.75, 3.05) is 24.7 Å². The molecule has 3 aromatic rings. The zero-order valence-corrected chi connectivity index (χ0v) is 17.0. The number of rotatable bonds is 7. The molecule has 1 fully saturated rings. The number of carbonyl (C=O) groups excluding carboxylic acids is 2. The molecule has 4 rings (SSSR count). The summed E-state index contributed by atoms with van der Waals surface area (Å²) in [4.78, 5) is 30.9. The van der Waals surface area contributed by atoms with E-state index in [1.807, 2.05) is 24.3 Å². The van der Waals surface area contributed by atoms with Crippen molar-refractivity contribution in [3.05, 3.63) is 54.1 Å². The molecular formula is C22H22N2O4S. The second-order valence-corrected chi connectivity index (χ2v) is 7.99. The number of ketones is 1. The monoisotopic (exact) mass is 410 g/mol. The number of ether oxygens (including phenoxy) is 2. The fourth-order valence-electron chi connectivity index (χ4n) is 3.28. The highest BCUT2D eigenvalue weighted by Gasteiger charge is 2.26. The Hall–Kier alpha value is -2.77. The zero-order chi connectivity index (χ0) is 20.2. The van der Waals surface area contributed by atoms with Gasteiger partial charge in [-0.05, 0) is 44.0 Å². The molecule has 0 N–H and O–H groups in total. The molecule has 1 aromatic heterocycles. The van der Waals surface area contributed by atoms with Crippen LogP contribution in [0, 0.1) is 0 Å². The van der Waals surface area contributed by atoms with Gasteiger partial charge in [0.25, 0.3) is 5.91 Å². The van der Waals surface area contributed by atoms with Gasteiger partial charge in [-0.1, -0.05) is 35.6 Å². The van der Waals surface area contributed by atoms with E-state index in [2.05, 4.69) is 4.98 Å². The summed E-state index contributed by atoms with van der Waals surface area (Å²) < 4.78 is 12.5. The number of amides is 1. The third-order valence-corrected chi connectivity index (χ3v) is 5.89. The molecule has 1 saturated heterocycles. The molecule has 0 saturated carbocycles. The molecule has 0 radical (unpaired) electrons. The number of carbonyl (C=O) groups is 2. The first-order valence-corrected chi connectivity index (χ1v) is 10.4. The van der Waals surface area contributed by atoms with Crippen LogP contribution in [0.15, 0.2) is 48.5 Å². The van der Waals surface area contributed by atoms with Gasteiger partial charge in [0.15, 0.2) is 17.5 Å². The molecule has 2 heterocycles. The van der Waals surface area contributed by atoms with Crippen LogP contribution in [-0.2, 0) is 9.53 Å². The summed E-state index contributed by atoms with van der Waals surface area (Å²) in [7, 11) is 0. The number of anilines is 1. The zero-order valence-electron chi connectivity index (χ0n) is 16.2. The van der Waals surface area contributed by atoms with Crippen LogP contribution in [0.4, 0.5) is 5.13 Å². The van der Waals surface area contributed by atoms with E-state index in [0.717, 1.165) is 29.7 Å². The second kappa shape index (κ2) is 8.71. The quantitative estimate of drug-likeness (QED) is 0.549. The highest BCUT2D eigenvalue weighted by atomic mass is 32.1. The number of hydrogen-bond acceptors (Lipinski definition) is 6. The molecular weight excluding hydrogens is 388 g/mol. The average Bonchev–Trinajstić information content (AvgIpc) is 3.39. The summed E-state index contributed by atoms with van der Waals surface area (Å²) in [6.07, 6.45) is 1.93. The van der Waals surface area contributed by atoms with Crippen molar-refractivity contribution in [3.8, 4) is 5.75 Å². The van der Waals surface area contributed by atoms with Gasteiger partial charge in [0, 0.05) is 12.2 Å². The topological polar surface area (TPSA) is 68.7 Å². The van der Waals surface area contributed by atoms with Crippen LogP contribution >= 0.6 is 11.3 Å². The fraction of sp³-hybridized carbons (Fsp3) is 0.318. The van der Waals surface area contributed by atoms with E-state index in [1.54, 1.807) is 29.2 Å². The number of hydrogen-bond donors (Lipinski definition) is 0. The summed E-state index contributed by atoms with van der Waals surface area (Å²) in [6.45, 7) is 2.54. The lowest BCUT2D eigenvalue weighted by Gasteiger charge is -2.23. The third-order valence-electron chi connectivity index (χ3n) is 4.83. The standard InChI is InChI=1S/C22H22N2O4S/c1-15(25)16-6-4-7-17(12-16)28-14-21(26)24(13-18-8-5-11-27-18)22-23-19-9-2-3-10-20(19)29-22/h2-4,6-7,9-10,12,18H,5,8,11,13-14H2,1H3. The number of benzene rings is 2. The maximum atomic E-state index is 13.0. The first kappa shape index (κ1) is 19.5. The molecule has 29 heavy (non-hydrogen) atoms. The number of fused-ring (bicyclic) bond motifs is 1. The lowest BCUT2D eigenvalue weighted by atomic mass is 10.1. The van der Waals surface area contributed by atoms with Crippen molar-refractivity contribution in [1.29, 1.82) is 0 Å². The van der Waals surface area contributed by atoms with Crippen LogP contribution < -0.4 is 9.64 Å². The minimum absolute atomic E-state index is 0.00648. The fourth-order valence-corrected chi connectivity index (χ4v) is 4.27. The molecule has 0 aliphatic carbocycles. The summed E-state index contributed by atoms with van der Waals surface area (Å²) in [5.41, 5.74) is 1.42. The van der Waals surface area contributed by atoms with Crippen molar-refractivity contribution in [2.24, 2.45) is 0 Å². The van der Waals surface area contributed by atoms with E-state index < -0.39 is 0 Å². The van der Waals surface area contributed by atoms with Crippen LogP contribution in [0.25, 0.3) is 10.2 Å². The van der Waals surface area contributed by atoms with Crippen LogP contribution in [0.2, 0.25) is 0 Å². The SMILES string of the molecule is CC(=O)c1cccc(OCC(=O)N(CC2CCCO2)c2nc3ccccc3s2)c1. The third kappa shape index (κ3) is 4.63. The predicted octanol–water partition coefficient (Wildman–Crippen LogP) is 4.09. The van der Waals surface area contributed by atoms with Gasteiger partial charge in [-0.25, -0.2) is 4.98 Å². The van der Waals surface area contributed by atoms with Gasteiger partial charge >= 0.3 is 0 Å². The molecule has 0 bridgehead atoms. The summed E-state index contributed by atoms with van der Waals surface area (Å²) in [5, 5.41) is 0.646. The van der Waals surface area contributed by atoms with Crippen molar-refractivity contribution in [2.45, 2.75) is 25.9 Å². The molecule has 1 aliphatic rings. The normalized spacial score (nSPS) is 16.1. The molecule has 1 atom stereocenters. The number of nitrogens with zero attached hydrogens (tertiary/aromatic N) is 2. The Morgan fingerprint density at radius 3 is 2.86 bits per heavy atom. The maximum absolute atomic E-state index is 13.0. The van der Waals surface area contributed by atoms with E-state index in [1.165, 1.54) is 18.3 Å². The smallest absolute Gasteiger partial charge is 0.266 e. The van der Waals surface area contributed by atoms with E-state index in [0.29, 0.717) is 23.0 Å². The first-order chi connectivity index (χ1) is 14.1. The largest absolute Gasteiger partial charge is 0.484 e. The Morgan fingerprint density at radius 1 is 1.24 bits per heavy atom. The Bertz CT molecular complexity index is 993. The Morgan fingerprint density at radius 2 is 2.10 bits per heavy atom. The van der Waals surface area contributed by atoms with Gasteiger partial charge in [-0.15, -0.1) is 0 Å². The van der Waals surface area contributed by atoms with Gasteiger partial charge in [0.2, 0.25) is 0 Å². The van der Waals surface area contributed by atoms with Crippen molar-refractivity contribution in [3.63, 3.8) is 0 Å². The molecule has 1 amide bonds. The predicted molar refractivity (Wildman–Crippen MR) is 113 cm³/mol. The van der Waals surface area contributed by atoms with Gasteiger partial charge < -0.3 is 9.47 Å². The molecule has 1 aliphatic heterocycles. The lowest BCUT2D eigenvalue weighted by Crippen LogP contribution is -2.40. The van der Waals surface area contributed by atoms with Gasteiger partial charge in [-0.2, -0.15) is 0 Å². The molecule has 150 valence electrons. The summed E-state index contributed by atoms with van der Waals surface area (Å²) in [5.74, 6) is 0.261. The Kier molecular flexibility index (Phi) is 5.87. The minimum atomic E-state index is -0.187. The first-order valence-electron chi connectivity index (χ1n) is 9.61. The van der Waals surface area contributed by atoms with E-state index in [4.69, 9.17) is 9.47 Å². The van der Waals surface area contributed by atoms with Crippen LogP contribution in [0.3, 0.4) is 0 Å². The van der Waals surface area contributed by atoms with Crippen LogP contribution in [0.5, 0.6) is 5.75 Å². The number of para-hydroxylation sites is 1. The second-order valence-electron chi connectivity index (χ2n) is 6.98. The van der Waals surface area contributed by atoms with Gasteiger partial charge in [-0.3, -0.25) is 14.5 Å². The van der Waals surface area contributed by atoms with Crippen molar-refractivity contribution >= 4 is 38.4 Å². The van der Waals surface area contributed by atoms with Crippen LogP contribution in [-0.4, -0.2) is 42.5 Å². The number of Topliss-reactive ketones (excluding diaryl/α,β-unsaturated/α-hetero) is 1. The maximum Gasteiger partial charge on any atom is 0.266 e. The van der Waals surface area contributed by atoms with E-state index in [9.17, 15) is 9.59 Å². The highest BCUT2D eigenvalue weighted by Crippen LogP contribution is 2.30. The van der Waals surface area contributed by atoms with E-state index >= 15 is 0 Å². The number of thiazole rings is 1. The van der Waals surface area contributed by atoms with E-state index in [-0.39, 0.29) is 24.4 Å². The molecule has 6 nitrogen and oxygen atoms in total. The molecule has 7 heteroatoms. The van der Waals surface area contributed by atoms with Gasteiger partial charge in [0.1, 0.15) is 5.75 Å². The van der Waals surface area contributed by atoms with Crippen LogP contribution in [0.1, 0.15) is 30.1 Å². The summed E-state index contributed by atoms with van der Waals surface area (Å²) >= 11 is 1.48. The van der Waals surface area contributed by atoms with Crippen molar-refractivity contribution < 1.29 is 19.1 Å². The molecule has 2 aromatic carbocycles. The average molecular weight is 410 g/mol. The Labute approximate surface area is 173 Å². The molecule has 1 unspecified atom stereocenters. The van der Waals surface area contributed by atoms with Crippen molar-refractivity contribution in [1.82, 2.24) is 4.98 Å².